The molecule has 20 heavy (non-hydrogen) atoms. The summed E-state index contributed by atoms with van der Waals surface area (Å²) in [4.78, 5) is 13.9. The second kappa shape index (κ2) is 4.87. The van der Waals surface area contributed by atoms with E-state index in [2.05, 4.69) is 0 Å². The Hall–Kier alpha value is -1.38. The number of nitrogens with two attached hydrogens (primary N) is 1. The maximum absolute atomic E-state index is 12.4. The number of aliphatic hydroxyl groups is 1. The van der Waals surface area contributed by atoms with Gasteiger partial charge in [-0.2, -0.15) is 0 Å². The number of sulfonamides is 1. The quantitative estimate of drug-likeness (QED) is 0.779. The van der Waals surface area contributed by atoms with Crippen molar-refractivity contribution in [3.63, 3.8) is 0 Å². The molecule has 0 unspecified atom stereocenters. The predicted octanol–water partition coefficient (Wildman–Crippen LogP) is -0.340. The minimum Gasteiger partial charge on any atom is -0.390 e. The molecule has 3 N–H and O–H groups in total. The van der Waals surface area contributed by atoms with Crippen molar-refractivity contribution < 1.29 is 18.3 Å². The van der Waals surface area contributed by atoms with Crippen molar-refractivity contribution in [2.45, 2.75) is 30.3 Å². The number of hydrogen-bond acceptors (Lipinski definition) is 4. The lowest BCUT2D eigenvalue weighted by Gasteiger charge is -2.35. The molecule has 7 nitrogen and oxygen atoms in total. The molecular weight excluding hydrogens is 282 g/mol. The van der Waals surface area contributed by atoms with Crippen LogP contribution in [0.1, 0.15) is 30.3 Å². The largest absolute Gasteiger partial charge is 0.390 e. The molecule has 8 heteroatoms. The van der Waals surface area contributed by atoms with E-state index in [9.17, 15) is 18.3 Å². The fraction of sp³-hybridized carbons (Fsp3) is 0.583. The van der Waals surface area contributed by atoms with Gasteiger partial charge < -0.3 is 14.6 Å². The van der Waals surface area contributed by atoms with Gasteiger partial charge in [0.1, 0.15) is 10.6 Å². The van der Waals surface area contributed by atoms with Crippen LogP contribution in [-0.4, -0.2) is 47.6 Å². The van der Waals surface area contributed by atoms with Gasteiger partial charge in [-0.05, 0) is 25.8 Å². The number of nitrogens with zero attached hydrogens (tertiary/aromatic N) is 2. The van der Waals surface area contributed by atoms with Gasteiger partial charge in [-0.25, -0.2) is 13.6 Å². The summed E-state index contributed by atoms with van der Waals surface area (Å²) in [5.74, 6) is -0.252. The van der Waals surface area contributed by atoms with E-state index in [-0.39, 0.29) is 16.5 Å². The summed E-state index contributed by atoms with van der Waals surface area (Å²) in [6, 6.07) is 1.28. The standard InChI is InChI=1S/C12H19N3O4S/c1-12(17)3-5-15(6-4-12)11(16)10-7-9(8-14(10)2)20(13,18)19/h7-8,17H,3-6H2,1-2H3,(H2,13,18,19). The van der Waals surface area contributed by atoms with E-state index in [1.165, 1.54) is 16.8 Å². The average Bonchev–Trinajstić information content (AvgIpc) is 2.70. The molecule has 0 aliphatic carbocycles. The van der Waals surface area contributed by atoms with Crippen molar-refractivity contribution in [1.29, 1.82) is 0 Å². The third-order valence-electron chi connectivity index (χ3n) is 3.66. The molecule has 0 aromatic carbocycles. The highest BCUT2D eigenvalue weighted by Gasteiger charge is 2.31. The Bertz CT molecular complexity index is 623. The molecule has 2 heterocycles. The van der Waals surface area contributed by atoms with E-state index in [1.54, 1.807) is 18.9 Å². The monoisotopic (exact) mass is 301 g/mol. The molecule has 1 aromatic rings. The van der Waals surface area contributed by atoms with E-state index in [4.69, 9.17) is 5.14 Å². The maximum atomic E-state index is 12.4. The number of aromatic nitrogens is 1. The van der Waals surface area contributed by atoms with Crippen LogP contribution in [-0.2, 0) is 17.1 Å². The molecule has 0 spiro atoms. The summed E-state index contributed by atoms with van der Waals surface area (Å²) >= 11 is 0. The zero-order valence-electron chi connectivity index (χ0n) is 11.5. The molecule has 1 aliphatic rings. The van der Waals surface area contributed by atoms with Crippen molar-refractivity contribution >= 4 is 15.9 Å². The van der Waals surface area contributed by atoms with E-state index in [1.807, 2.05) is 0 Å². The number of likely N-dealkylation sites (tertiary alicyclic amines) is 1. The highest BCUT2D eigenvalue weighted by molar-refractivity contribution is 7.89. The van der Waals surface area contributed by atoms with E-state index < -0.39 is 15.6 Å². The van der Waals surface area contributed by atoms with Crippen LogP contribution in [0.5, 0.6) is 0 Å². The van der Waals surface area contributed by atoms with Crippen LogP contribution in [0.3, 0.4) is 0 Å². The molecule has 1 saturated heterocycles. The number of primary sulfonamides is 1. The van der Waals surface area contributed by atoms with Crippen LogP contribution in [0.2, 0.25) is 0 Å². The first-order chi connectivity index (χ1) is 9.10. The Labute approximate surface area is 118 Å². The second-order valence-corrected chi connectivity index (χ2v) is 7.07. The van der Waals surface area contributed by atoms with Crippen molar-refractivity contribution in [3.05, 3.63) is 18.0 Å². The topological polar surface area (TPSA) is 106 Å². The summed E-state index contributed by atoms with van der Waals surface area (Å²) in [5, 5.41) is 14.9. The van der Waals surface area contributed by atoms with Crippen LogP contribution in [0, 0.1) is 0 Å². The van der Waals surface area contributed by atoms with Gasteiger partial charge in [0.25, 0.3) is 5.91 Å². The molecule has 1 aliphatic heterocycles. The van der Waals surface area contributed by atoms with Gasteiger partial charge >= 0.3 is 0 Å². The van der Waals surface area contributed by atoms with Gasteiger partial charge in [0.05, 0.1) is 5.60 Å². The van der Waals surface area contributed by atoms with E-state index in [0.29, 0.717) is 25.9 Å². The number of carbonyl (C=O) groups excluding carboxylic acids is 1. The second-order valence-electron chi connectivity index (χ2n) is 5.51. The third kappa shape index (κ3) is 3.02. The van der Waals surface area contributed by atoms with E-state index in [0.717, 1.165) is 0 Å². The first-order valence-electron chi connectivity index (χ1n) is 6.31. The van der Waals surface area contributed by atoms with Crippen LogP contribution in [0.15, 0.2) is 17.2 Å². The molecule has 0 bridgehead atoms. The van der Waals surface area contributed by atoms with Gasteiger partial charge in [-0.1, -0.05) is 0 Å². The summed E-state index contributed by atoms with van der Waals surface area (Å²) in [5.41, 5.74) is -0.466. The molecule has 1 aromatic heterocycles. The number of hydrogen-bond donors (Lipinski definition) is 2. The Morgan fingerprint density at radius 2 is 1.95 bits per heavy atom. The van der Waals surface area contributed by atoms with Crippen molar-refractivity contribution in [2.24, 2.45) is 12.2 Å². The minimum atomic E-state index is -3.82. The molecule has 0 radical (unpaired) electrons. The Balaban J connectivity index is 2.20. The lowest BCUT2D eigenvalue weighted by atomic mass is 9.94. The van der Waals surface area contributed by atoms with Crippen molar-refractivity contribution in [3.8, 4) is 0 Å². The highest BCUT2D eigenvalue weighted by atomic mass is 32.2. The molecule has 1 amide bonds. The molecule has 0 atom stereocenters. The lowest BCUT2D eigenvalue weighted by Crippen LogP contribution is -2.45. The number of rotatable bonds is 2. The zero-order valence-corrected chi connectivity index (χ0v) is 12.4. The van der Waals surface area contributed by atoms with Gasteiger partial charge in [-0.15, -0.1) is 0 Å². The summed E-state index contributed by atoms with van der Waals surface area (Å²) < 4.78 is 24.0. The molecule has 0 saturated carbocycles. The maximum Gasteiger partial charge on any atom is 0.270 e. The third-order valence-corrected chi connectivity index (χ3v) is 4.54. The Kier molecular flexibility index (Phi) is 3.66. The van der Waals surface area contributed by atoms with Crippen LogP contribution in [0.25, 0.3) is 0 Å². The van der Waals surface area contributed by atoms with Crippen molar-refractivity contribution in [1.82, 2.24) is 9.47 Å². The van der Waals surface area contributed by atoms with Gasteiger partial charge in [0.2, 0.25) is 10.0 Å². The van der Waals surface area contributed by atoms with Crippen LogP contribution >= 0.6 is 0 Å². The van der Waals surface area contributed by atoms with Crippen molar-refractivity contribution in [2.75, 3.05) is 13.1 Å². The van der Waals surface area contributed by atoms with Gasteiger partial charge in [-0.3, -0.25) is 4.79 Å². The van der Waals surface area contributed by atoms with Gasteiger partial charge in [0.15, 0.2) is 0 Å². The fourth-order valence-corrected chi connectivity index (χ4v) is 2.84. The molecule has 2 rings (SSSR count). The smallest absolute Gasteiger partial charge is 0.270 e. The fourth-order valence-electron chi connectivity index (χ4n) is 2.26. The minimum absolute atomic E-state index is 0.0765. The Morgan fingerprint density at radius 3 is 2.40 bits per heavy atom. The molecular formula is C12H19N3O4S. The first-order valence-corrected chi connectivity index (χ1v) is 7.86. The lowest BCUT2D eigenvalue weighted by molar-refractivity contribution is -0.00228. The number of aryl methyl sites for hydroxylation is 1. The van der Waals surface area contributed by atoms with Gasteiger partial charge in [0, 0.05) is 26.3 Å². The van der Waals surface area contributed by atoms with Crippen LogP contribution in [0.4, 0.5) is 0 Å². The number of piperidine rings is 1. The van der Waals surface area contributed by atoms with E-state index >= 15 is 0 Å². The Morgan fingerprint density at radius 1 is 1.40 bits per heavy atom. The summed E-state index contributed by atoms with van der Waals surface area (Å²) in [7, 11) is -2.22. The average molecular weight is 301 g/mol. The normalized spacial score (nSPS) is 19.1. The molecule has 1 fully saturated rings. The molecule has 112 valence electrons. The predicted molar refractivity (Wildman–Crippen MR) is 72.5 cm³/mol. The number of amides is 1. The van der Waals surface area contributed by atoms with Crippen LogP contribution < -0.4 is 5.14 Å². The number of carbonyl (C=O) groups is 1. The zero-order chi connectivity index (χ0) is 15.1. The summed E-state index contributed by atoms with van der Waals surface area (Å²) in [6.07, 6.45) is 2.33. The summed E-state index contributed by atoms with van der Waals surface area (Å²) in [6.45, 7) is 2.64. The highest BCUT2D eigenvalue weighted by Crippen LogP contribution is 2.23. The SMILES string of the molecule is Cn1cc(S(N)(=O)=O)cc1C(=O)N1CCC(C)(O)CC1. The first kappa shape index (κ1) is 15.0.